The fraction of sp³-hybridized carbons (Fsp3) is 0.611. The van der Waals surface area contributed by atoms with Gasteiger partial charge >= 0.3 is 5.69 Å². The molecule has 0 aliphatic carbocycles. The van der Waals surface area contributed by atoms with E-state index in [-0.39, 0.29) is 22.6 Å². The van der Waals surface area contributed by atoms with E-state index in [2.05, 4.69) is 15.3 Å². The quantitative estimate of drug-likeness (QED) is 0.606. The summed E-state index contributed by atoms with van der Waals surface area (Å²) in [6.45, 7) is 9.80. The van der Waals surface area contributed by atoms with E-state index in [9.17, 15) is 14.4 Å². The standard InChI is InChI=1S/C18H27N5O3S/c1-10(2)8-11-19-14-13(16(25)23(7)17(26)22(14)6)15(20-11)27-9-12(24)21-18(3,4)5/h10H,8-9H2,1-7H3,(H,21,24). The average Bonchev–Trinajstić information content (AvgIpc) is 2.53. The Balaban J connectivity index is 2.57. The predicted octanol–water partition coefficient (Wildman–Crippen LogP) is 1.23. The van der Waals surface area contributed by atoms with Gasteiger partial charge in [0, 0.05) is 26.1 Å². The van der Waals surface area contributed by atoms with Crippen LogP contribution in [0.5, 0.6) is 0 Å². The maximum absolute atomic E-state index is 12.7. The van der Waals surface area contributed by atoms with Crippen molar-refractivity contribution in [3.05, 3.63) is 26.7 Å². The number of amides is 1. The highest BCUT2D eigenvalue weighted by Crippen LogP contribution is 2.23. The summed E-state index contributed by atoms with van der Waals surface area (Å²) in [5.74, 6) is 0.843. The summed E-state index contributed by atoms with van der Waals surface area (Å²) in [7, 11) is 3.00. The Morgan fingerprint density at radius 3 is 2.33 bits per heavy atom. The monoisotopic (exact) mass is 393 g/mol. The molecule has 8 nitrogen and oxygen atoms in total. The van der Waals surface area contributed by atoms with E-state index in [0.29, 0.717) is 28.8 Å². The minimum Gasteiger partial charge on any atom is -0.351 e. The van der Waals surface area contributed by atoms with Gasteiger partial charge in [-0.15, -0.1) is 0 Å². The highest BCUT2D eigenvalue weighted by molar-refractivity contribution is 8.00. The Labute approximate surface area is 162 Å². The highest BCUT2D eigenvalue weighted by Gasteiger charge is 2.20. The summed E-state index contributed by atoms with van der Waals surface area (Å²) >= 11 is 1.19. The SMILES string of the molecule is CC(C)Cc1nc(SCC(=O)NC(C)(C)C)c2c(=O)n(C)c(=O)n(C)c2n1. The molecule has 0 bridgehead atoms. The van der Waals surface area contributed by atoms with Crippen molar-refractivity contribution < 1.29 is 4.79 Å². The van der Waals surface area contributed by atoms with Crippen molar-refractivity contribution in [3.63, 3.8) is 0 Å². The maximum atomic E-state index is 12.7. The van der Waals surface area contributed by atoms with Gasteiger partial charge in [-0.05, 0) is 26.7 Å². The van der Waals surface area contributed by atoms with Crippen molar-refractivity contribution in [2.24, 2.45) is 20.0 Å². The molecule has 0 saturated heterocycles. The molecule has 0 saturated carbocycles. The molecule has 2 aromatic rings. The summed E-state index contributed by atoms with van der Waals surface area (Å²) in [6, 6.07) is 0. The lowest BCUT2D eigenvalue weighted by Crippen LogP contribution is -2.41. The van der Waals surface area contributed by atoms with Crippen LogP contribution in [0, 0.1) is 5.92 Å². The zero-order chi connectivity index (χ0) is 20.5. The van der Waals surface area contributed by atoms with Crippen molar-refractivity contribution >= 4 is 28.7 Å². The summed E-state index contributed by atoms with van der Waals surface area (Å²) in [5, 5.41) is 3.58. The molecule has 1 N–H and O–H groups in total. The molecule has 9 heteroatoms. The van der Waals surface area contributed by atoms with Crippen LogP contribution >= 0.6 is 11.8 Å². The molecule has 0 radical (unpaired) electrons. The molecule has 1 amide bonds. The molecule has 0 fully saturated rings. The highest BCUT2D eigenvalue weighted by atomic mass is 32.2. The van der Waals surface area contributed by atoms with Crippen LogP contribution in [-0.2, 0) is 25.3 Å². The predicted molar refractivity (Wildman–Crippen MR) is 107 cm³/mol. The number of hydrogen-bond acceptors (Lipinski definition) is 6. The third-order valence-corrected chi connectivity index (χ3v) is 4.73. The molecule has 0 atom stereocenters. The van der Waals surface area contributed by atoms with Gasteiger partial charge in [0.1, 0.15) is 16.2 Å². The summed E-state index contributed by atoms with van der Waals surface area (Å²) < 4.78 is 2.38. The number of aryl methyl sites for hydroxylation is 1. The third kappa shape index (κ3) is 4.97. The molecule has 27 heavy (non-hydrogen) atoms. The third-order valence-electron chi connectivity index (χ3n) is 3.76. The Hall–Kier alpha value is -2.16. The van der Waals surface area contributed by atoms with E-state index in [1.807, 2.05) is 34.6 Å². The van der Waals surface area contributed by atoms with E-state index in [4.69, 9.17) is 0 Å². The van der Waals surface area contributed by atoms with Crippen LogP contribution in [0.2, 0.25) is 0 Å². The fourth-order valence-corrected chi connectivity index (χ4v) is 3.45. The Morgan fingerprint density at radius 1 is 1.15 bits per heavy atom. The van der Waals surface area contributed by atoms with Gasteiger partial charge in [0.2, 0.25) is 5.91 Å². The Bertz CT molecular complexity index is 986. The van der Waals surface area contributed by atoms with Crippen molar-refractivity contribution in [1.29, 1.82) is 0 Å². The van der Waals surface area contributed by atoms with Crippen molar-refractivity contribution in [3.8, 4) is 0 Å². The first kappa shape index (κ1) is 21.1. The topological polar surface area (TPSA) is 98.9 Å². The maximum Gasteiger partial charge on any atom is 0.332 e. The zero-order valence-corrected chi connectivity index (χ0v) is 17.7. The van der Waals surface area contributed by atoms with Gasteiger partial charge in [0.25, 0.3) is 5.56 Å². The second-order valence-electron chi connectivity index (χ2n) is 8.03. The number of nitrogens with zero attached hydrogens (tertiary/aromatic N) is 4. The number of hydrogen-bond donors (Lipinski definition) is 1. The lowest BCUT2D eigenvalue weighted by Gasteiger charge is -2.20. The van der Waals surface area contributed by atoms with Crippen LogP contribution < -0.4 is 16.6 Å². The number of carbonyl (C=O) groups excluding carboxylic acids is 1. The smallest absolute Gasteiger partial charge is 0.332 e. The zero-order valence-electron chi connectivity index (χ0n) is 16.9. The number of nitrogens with one attached hydrogen (secondary N) is 1. The van der Waals surface area contributed by atoms with Crippen LogP contribution in [0.3, 0.4) is 0 Å². The van der Waals surface area contributed by atoms with E-state index >= 15 is 0 Å². The van der Waals surface area contributed by atoms with Gasteiger partial charge in [-0.1, -0.05) is 25.6 Å². The normalized spacial score (nSPS) is 12.0. The first-order valence-electron chi connectivity index (χ1n) is 8.81. The second kappa shape index (κ2) is 7.84. The lowest BCUT2D eigenvalue weighted by molar-refractivity contribution is -0.119. The van der Waals surface area contributed by atoms with Crippen molar-refractivity contribution in [1.82, 2.24) is 24.4 Å². The van der Waals surface area contributed by atoms with Gasteiger partial charge in [0.05, 0.1) is 5.75 Å². The van der Waals surface area contributed by atoms with E-state index in [0.717, 1.165) is 4.57 Å². The molecule has 0 spiro atoms. The van der Waals surface area contributed by atoms with Crippen molar-refractivity contribution in [2.45, 2.75) is 51.6 Å². The van der Waals surface area contributed by atoms with Crippen LogP contribution in [0.15, 0.2) is 14.6 Å². The molecule has 0 aliphatic rings. The first-order valence-corrected chi connectivity index (χ1v) is 9.79. The molecule has 0 aliphatic heterocycles. The second-order valence-corrected chi connectivity index (χ2v) is 9.00. The lowest BCUT2D eigenvalue weighted by atomic mass is 10.1. The number of carbonyl (C=O) groups is 1. The van der Waals surface area contributed by atoms with Crippen molar-refractivity contribution in [2.75, 3.05) is 5.75 Å². The molecule has 2 heterocycles. The first-order chi connectivity index (χ1) is 12.4. The van der Waals surface area contributed by atoms with Gasteiger partial charge in [-0.3, -0.25) is 18.7 Å². The summed E-state index contributed by atoms with van der Waals surface area (Å²) in [4.78, 5) is 46.1. The fourth-order valence-electron chi connectivity index (χ4n) is 2.62. The summed E-state index contributed by atoms with van der Waals surface area (Å²) in [5.41, 5.74) is -0.938. The molecule has 0 aromatic carbocycles. The van der Waals surface area contributed by atoms with E-state index in [1.165, 1.54) is 23.4 Å². The molecule has 2 aromatic heterocycles. The van der Waals surface area contributed by atoms with Crippen LogP contribution in [0.1, 0.15) is 40.4 Å². The molecular formula is C18H27N5O3S. The van der Waals surface area contributed by atoms with Crippen LogP contribution in [0.25, 0.3) is 11.0 Å². The van der Waals surface area contributed by atoms with Crippen LogP contribution in [-0.4, -0.2) is 36.3 Å². The average molecular weight is 394 g/mol. The van der Waals surface area contributed by atoms with Gasteiger partial charge in [0.15, 0.2) is 5.65 Å². The van der Waals surface area contributed by atoms with Gasteiger partial charge in [-0.25, -0.2) is 14.8 Å². The Kier molecular flexibility index (Phi) is 6.14. The summed E-state index contributed by atoms with van der Waals surface area (Å²) in [6.07, 6.45) is 0.612. The number of aromatic nitrogens is 4. The number of fused-ring (bicyclic) bond motifs is 1. The van der Waals surface area contributed by atoms with Gasteiger partial charge < -0.3 is 5.32 Å². The van der Waals surface area contributed by atoms with E-state index in [1.54, 1.807) is 7.05 Å². The largest absolute Gasteiger partial charge is 0.351 e. The molecule has 2 rings (SSSR count). The number of thioether (sulfide) groups is 1. The molecular weight excluding hydrogens is 366 g/mol. The number of rotatable bonds is 5. The Morgan fingerprint density at radius 2 is 1.78 bits per heavy atom. The molecule has 0 unspecified atom stereocenters. The minimum absolute atomic E-state index is 0.122. The minimum atomic E-state index is -0.456. The van der Waals surface area contributed by atoms with E-state index < -0.39 is 11.2 Å². The molecule has 148 valence electrons. The van der Waals surface area contributed by atoms with Gasteiger partial charge in [-0.2, -0.15) is 0 Å². The van der Waals surface area contributed by atoms with Crippen LogP contribution in [0.4, 0.5) is 0 Å².